The average Bonchev–Trinajstić information content (AvgIpc) is 3.20. The summed E-state index contributed by atoms with van der Waals surface area (Å²) in [7, 11) is 1.54. The molecule has 1 amide bonds. The van der Waals surface area contributed by atoms with Gasteiger partial charge in [0.05, 0.1) is 19.4 Å². The number of nitrogens with one attached hydrogen (secondary N) is 2. The standard InChI is InChI=1S/C19H18ClN3O3/c1-26-18-8-12(6-7-14(18)13-9-22-23-10-13)19(25)21-11-17(24)15-4-2-3-5-16(15)20/h2-10,17,24H,11H2,1H3,(H,21,25)(H,22,23). The molecule has 6 nitrogen and oxygen atoms in total. The Morgan fingerprint density at radius 2 is 2.15 bits per heavy atom. The second kappa shape index (κ2) is 8.03. The molecule has 3 aromatic rings. The van der Waals surface area contributed by atoms with Crippen molar-refractivity contribution in [3.8, 4) is 16.9 Å². The number of aromatic nitrogens is 2. The predicted molar refractivity (Wildman–Crippen MR) is 99.3 cm³/mol. The zero-order chi connectivity index (χ0) is 18.5. The van der Waals surface area contributed by atoms with Crippen LogP contribution in [0.3, 0.4) is 0 Å². The molecule has 1 aromatic heterocycles. The fourth-order valence-electron chi connectivity index (χ4n) is 2.62. The molecular formula is C19H18ClN3O3. The highest BCUT2D eigenvalue weighted by Crippen LogP contribution is 2.30. The van der Waals surface area contributed by atoms with E-state index >= 15 is 0 Å². The highest BCUT2D eigenvalue weighted by atomic mass is 35.5. The van der Waals surface area contributed by atoms with Crippen molar-refractivity contribution < 1.29 is 14.6 Å². The molecule has 0 bridgehead atoms. The van der Waals surface area contributed by atoms with Crippen molar-refractivity contribution in [1.82, 2.24) is 15.5 Å². The monoisotopic (exact) mass is 371 g/mol. The summed E-state index contributed by atoms with van der Waals surface area (Å²) in [5.41, 5.74) is 2.69. The van der Waals surface area contributed by atoms with Gasteiger partial charge in [0.25, 0.3) is 5.91 Å². The minimum Gasteiger partial charge on any atom is -0.496 e. The topological polar surface area (TPSA) is 87.2 Å². The van der Waals surface area contributed by atoms with Gasteiger partial charge in [0.1, 0.15) is 5.75 Å². The summed E-state index contributed by atoms with van der Waals surface area (Å²) >= 11 is 6.06. The van der Waals surface area contributed by atoms with Gasteiger partial charge in [-0.25, -0.2) is 0 Å². The van der Waals surface area contributed by atoms with Crippen molar-refractivity contribution in [3.05, 3.63) is 71.0 Å². The van der Waals surface area contributed by atoms with E-state index in [0.717, 1.165) is 11.1 Å². The van der Waals surface area contributed by atoms with Crippen LogP contribution in [0.25, 0.3) is 11.1 Å². The van der Waals surface area contributed by atoms with E-state index in [1.165, 1.54) is 0 Å². The molecule has 7 heteroatoms. The molecule has 0 fully saturated rings. The van der Waals surface area contributed by atoms with Crippen LogP contribution in [0.4, 0.5) is 0 Å². The van der Waals surface area contributed by atoms with E-state index in [1.807, 2.05) is 0 Å². The van der Waals surface area contributed by atoms with E-state index < -0.39 is 6.10 Å². The van der Waals surface area contributed by atoms with Crippen LogP contribution in [0.15, 0.2) is 54.9 Å². The van der Waals surface area contributed by atoms with Gasteiger partial charge in [0.2, 0.25) is 0 Å². The van der Waals surface area contributed by atoms with Gasteiger partial charge in [0.15, 0.2) is 0 Å². The lowest BCUT2D eigenvalue weighted by Gasteiger charge is -2.14. The van der Waals surface area contributed by atoms with Gasteiger partial charge in [-0.15, -0.1) is 0 Å². The maximum absolute atomic E-state index is 12.4. The van der Waals surface area contributed by atoms with E-state index in [4.69, 9.17) is 16.3 Å². The normalized spacial score (nSPS) is 11.8. The Morgan fingerprint density at radius 1 is 1.35 bits per heavy atom. The van der Waals surface area contributed by atoms with Crippen LogP contribution in [0.5, 0.6) is 5.75 Å². The Bertz CT molecular complexity index is 897. The summed E-state index contributed by atoms with van der Waals surface area (Å²) in [5.74, 6) is 0.249. The van der Waals surface area contributed by atoms with Crippen molar-refractivity contribution in [2.75, 3.05) is 13.7 Å². The number of H-pyrrole nitrogens is 1. The molecule has 1 unspecified atom stereocenters. The first-order valence-corrected chi connectivity index (χ1v) is 8.36. The van der Waals surface area contributed by atoms with Crippen molar-refractivity contribution in [2.24, 2.45) is 0 Å². The van der Waals surface area contributed by atoms with E-state index in [1.54, 1.807) is 62.0 Å². The molecule has 1 heterocycles. The molecule has 3 rings (SSSR count). The molecule has 2 aromatic carbocycles. The summed E-state index contributed by atoms with van der Waals surface area (Å²) in [4.78, 5) is 12.4. The van der Waals surface area contributed by atoms with E-state index in [2.05, 4.69) is 15.5 Å². The highest BCUT2D eigenvalue weighted by Gasteiger charge is 2.15. The van der Waals surface area contributed by atoms with Gasteiger partial charge in [-0.3, -0.25) is 9.89 Å². The summed E-state index contributed by atoms with van der Waals surface area (Å²) in [6, 6.07) is 12.1. The van der Waals surface area contributed by atoms with Gasteiger partial charge in [0, 0.05) is 40.0 Å². The number of methoxy groups -OCH3 is 1. The number of hydrogen-bond acceptors (Lipinski definition) is 4. The number of aliphatic hydroxyl groups is 1. The summed E-state index contributed by atoms with van der Waals surface area (Å²) in [6.45, 7) is 0.0500. The number of aromatic amines is 1. The maximum atomic E-state index is 12.4. The van der Waals surface area contributed by atoms with Gasteiger partial charge in [-0.05, 0) is 24.3 Å². The molecular weight excluding hydrogens is 354 g/mol. The summed E-state index contributed by atoms with van der Waals surface area (Å²) in [6.07, 6.45) is 2.54. The van der Waals surface area contributed by atoms with Gasteiger partial charge in [-0.2, -0.15) is 5.10 Å². The third kappa shape index (κ3) is 3.87. The van der Waals surface area contributed by atoms with Crippen molar-refractivity contribution in [2.45, 2.75) is 6.10 Å². The third-order valence-corrected chi connectivity index (χ3v) is 4.34. The lowest BCUT2D eigenvalue weighted by atomic mass is 10.0. The molecule has 0 saturated heterocycles. The number of carbonyl (C=O) groups excluding carboxylic acids is 1. The molecule has 0 aliphatic rings. The number of aliphatic hydroxyl groups excluding tert-OH is 1. The van der Waals surface area contributed by atoms with Crippen molar-refractivity contribution in [1.29, 1.82) is 0 Å². The van der Waals surface area contributed by atoms with E-state index in [0.29, 0.717) is 21.9 Å². The minimum atomic E-state index is -0.889. The Morgan fingerprint density at radius 3 is 2.85 bits per heavy atom. The fraction of sp³-hybridized carbons (Fsp3) is 0.158. The van der Waals surface area contributed by atoms with Crippen LogP contribution in [0.2, 0.25) is 5.02 Å². The molecule has 0 radical (unpaired) electrons. The zero-order valence-corrected chi connectivity index (χ0v) is 14.8. The zero-order valence-electron chi connectivity index (χ0n) is 14.1. The number of ether oxygens (including phenoxy) is 1. The molecule has 26 heavy (non-hydrogen) atoms. The summed E-state index contributed by atoms with van der Waals surface area (Å²) < 4.78 is 5.38. The number of amides is 1. The lowest BCUT2D eigenvalue weighted by molar-refractivity contribution is 0.0916. The van der Waals surface area contributed by atoms with Crippen LogP contribution in [0.1, 0.15) is 22.0 Å². The quantitative estimate of drug-likeness (QED) is 0.621. The number of rotatable bonds is 6. The van der Waals surface area contributed by atoms with E-state index in [-0.39, 0.29) is 12.5 Å². The number of carbonyl (C=O) groups is 1. The predicted octanol–water partition coefficient (Wildman–Crippen LogP) is 3.20. The van der Waals surface area contributed by atoms with Gasteiger partial charge in [-0.1, -0.05) is 29.8 Å². The molecule has 0 spiro atoms. The van der Waals surface area contributed by atoms with Crippen LogP contribution >= 0.6 is 11.6 Å². The fourth-order valence-corrected chi connectivity index (χ4v) is 2.88. The number of benzene rings is 2. The first-order chi connectivity index (χ1) is 12.6. The van der Waals surface area contributed by atoms with Crippen molar-refractivity contribution >= 4 is 17.5 Å². The van der Waals surface area contributed by atoms with Crippen LogP contribution in [-0.2, 0) is 0 Å². The molecule has 3 N–H and O–H groups in total. The molecule has 134 valence electrons. The number of halogens is 1. The van der Waals surface area contributed by atoms with Crippen LogP contribution in [0, 0.1) is 0 Å². The molecule has 0 saturated carbocycles. The molecule has 1 atom stereocenters. The second-order valence-electron chi connectivity index (χ2n) is 5.65. The Balaban J connectivity index is 1.71. The maximum Gasteiger partial charge on any atom is 0.251 e. The van der Waals surface area contributed by atoms with Crippen LogP contribution in [-0.4, -0.2) is 34.9 Å². The Hall–Kier alpha value is -2.83. The average molecular weight is 372 g/mol. The third-order valence-electron chi connectivity index (χ3n) is 3.99. The number of hydrogen-bond donors (Lipinski definition) is 3. The van der Waals surface area contributed by atoms with Gasteiger partial charge >= 0.3 is 0 Å². The Kier molecular flexibility index (Phi) is 5.55. The van der Waals surface area contributed by atoms with E-state index in [9.17, 15) is 9.90 Å². The number of nitrogens with zero attached hydrogens (tertiary/aromatic N) is 1. The minimum absolute atomic E-state index is 0.0500. The summed E-state index contributed by atoms with van der Waals surface area (Å²) in [5, 5.41) is 20.1. The lowest BCUT2D eigenvalue weighted by Crippen LogP contribution is -2.28. The highest BCUT2D eigenvalue weighted by molar-refractivity contribution is 6.31. The largest absolute Gasteiger partial charge is 0.496 e. The Labute approximate surface area is 155 Å². The smallest absolute Gasteiger partial charge is 0.251 e. The SMILES string of the molecule is COc1cc(C(=O)NCC(O)c2ccccc2Cl)ccc1-c1cn[nH]c1. The molecule has 0 aliphatic carbocycles. The van der Waals surface area contributed by atoms with Gasteiger partial charge < -0.3 is 15.2 Å². The molecule has 0 aliphatic heterocycles. The first kappa shape index (κ1) is 18.0. The van der Waals surface area contributed by atoms with Crippen LogP contribution < -0.4 is 10.1 Å². The first-order valence-electron chi connectivity index (χ1n) is 7.98. The van der Waals surface area contributed by atoms with Crippen molar-refractivity contribution in [3.63, 3.8) is 0 Å². The second-order valence-corrected chi connectivity index (χ2v) is 6.06.